The molecule has 1 aliphatic rings. The van der Waals surface area contributed by atoms with Gasteiger partial charge in [-0.2, -0.15) is 0 Å². The van der Waals surface area contributed by atoms with Crippen LogP contribution in [0.1, 0.15) is 40.2 Å². The topological polar surface area (TPSA) is 84.4 Å². The Hall–Kier alpha value is -2.97. The number of carbonyl (C=O) groups is 2. The lowest BCUT2D eigenvalue weighted by Crippen LogP contribution is -2.25. The molecule has 0 spiro atoms. The molecule has 1 atom stereocenters. The van der Waals surface area contributed by atoms with Gasteiger partial charge in [-0.3, -0.25) is 14.9 Å². The first-order valence-corrected chi connectivity index (χ1v) is 11.1. The summed E-state index contributed by atoms with van der Waals surface area (Å²) >= 11 is 7.29. The highest BCUT2D eigenvalue weighted by atomic mass is 35.5. The Morgan fingerprint density at radius 3 is 2.87 bits per heavy atom. The smallest absolute Gasteiger partial charge is 0.261 e. The van der Waals surface area contributed by atoms with Gasteiger partial charge in [0.25, 0.3) is 5.91 Å². The fraction of sp³-hybridized carbons (Fsp3) is 0.273. The Labute approximate surface area is 189 Å². The van der Waals surface area contributed by atoms with E-state index in [4.69, 9.17) is 16.3 Å². The number of nitrogens with one attached hydrogen (secondary N) is 1. The van der Waals surface area contributed by atoms with E-state index >= 15 is 0 Å². The third kappa shape index (κ3) is 4.40. The van der Waals surface area contributed by atoms with Gasteiger partial charge in [-0.1, -0.05) is 48.1 Å². The molecule has 3 aromatic rings. The van der Waals surface area contributed by atoms with Gasteiger partial charge in [0.05, 0.1) is 12.7 Å². The molecule has 0 radical (unpaired) electrons. The number of halogens is 1. The second-order valence-electron chi connectivity index (χ2n) is 7.13. The van der Waals surface area contributed by atoms with Gasteiger partial charge in [-0.25, -0.2) is 0 Å². The van der Waals surface area contributed by atoms with E-state index in [1.54, 1.807) is 12.1 Å². The Morgan fingerprint density at radius 2 is 2.10 bits per heavy atom. The molecule has 4 rings (SSSR count). The lowest BCUT2D eigenvalue weighted by atomic mass is 10.1. The van der Waals surface area contributed by atoms with Gasteiger partial charge < -0.3 is 9.64 Å². The summed E-state index contributed by atoms with van der Waals surface area (Å²) < 4.78 is 5.24. The summed E-state index contributed by atoms with van der Waals surface area (Å²) in [5.74, 6) is 0.0259. The van der Waals surface area contributed by atoms with Gasteiger partial charge in [0.2, 0.25) is 11.0 Å². The molecule has 9 heteroatoms. The van der Waals surface area contributed by atoms with E-state index < -0.39 is 0 Å². The summed E-state index contributed by atoms with van der Waals surface area (Å²) in [5, 5.41) is 12.6. The standard InChI is InChI=1S/C22H21ClN4O3S/c1-3-13-6-4-5-7-17(13)27-12-14(10-19(27)28)21-25-26-22(31-21)24-20(29)16-11-15(23)8-9-18(16)30-2/h4-9,11,14H,3,10,12H2,1-2H3,(H,24,26,29)/t14-/m1/s1. The molecule has 1 saturated heterocycles. The van der Waals surface area contributed by atoms with Crippen molar-refractivity contribution in [3.63, 3.8) is 0 Å². The van der Waals surface area contributed by atoms with Gasteiger partial charge in [-0.05, 0) is 36.2 Å². The first-order chi connectivity index (χ1) is 15.0. The molecular formula is C22H21ClN4O3S. The van der Waals surface area contributed by atoms with Crippen LogP contribution in [0.25, 0.3) is 0 Å². The number of carbonyl (C=O) groups excluding carboxylic acids is 2. The van der Waals surface area contributed by atoms with Crippen molar-refractivity contribution in [2.24, 2.45) is 0 Å². The van der Waals surface area contributed by atoms with Crippen LogP contribution in [-0.4, -0.2) is 35.7 Å². The van der Waals surface area contributed by atoms with Crippen molar-refractivity contribution in [3.8, 4) is 5.75 Å². The minimum Gasteiger partial charge on any atom is -0.496 e. The van der Waals surface area contributed by atoms with Gasteiger partial charge in [0.15, 0.2) is 0 Å². The van der Waals surface area contributed by atoms with Crippen LogP contribution in [0.3, 0.4) is 0 Å². The number of hydrogen-bond acceptors (Lipinski definition) is 6. The number of aromatic nitrogens is 2. The van der Waals surface area contributed by atoms with Gasteiger partial charge in [-0.15, -0.1) is 10.2 Å². The lowest BCUT2D eigenvalue weighted by molar-refractivity contribution is -0.117. The van der Waals surface area contributed by atoms with Crippen molar-refractivity contribution < 1.29 is 14.3 Å². The zero-order valence-corrected chi connectivity index (χ0v) is 18.7. The molecule has 2 amide bonds. The van der Waals surface area contributed by atoms with E-state index in [9.17, 15) is 9.59 Å². The lowest BCUT2D eigenvalue weighted by Gasteiger charge is -2.19. The Kier molecular flexibility index (Phi) is 6.20. The number of ether oxygens (including phenoxy) is 1. The van der Waals surface area contributed by atoms with Crippen molar-refractivity contribution in [1.82, 2.24) is 10.2 Å². The number of methoxy groups -OCH3 is 1. The molecule has 0 bridgehead atoms. The molecule has 160 valence electrons. The molecule has 1 N–H and O–H groups in total. The maximum absolute atomic E-state index is 12.7. The third-order valence-corrected chi connectivity index (χ3v) is 6.44. The van der Waals surface area contributed by atoms with E-state index in [0.717, 1.165) is 22.7 Å². The van der Waals surface area contributed by atoms with Crippen LogP contribution in [0.4, 0.5) is 10.8 Å². The van der Waals surface area contributed by atoms with Gasteiger partial charge in [0.1, 0.15) is 10.8 Å². The third-order valence-electron chi connectivity index (χ3n) is 5.20. The summed E-state index contributed by atoms with van der Waals surface area (Å²) in [7, 11) is 1.49. The SMILES string of the molecule is CCc1ccccc1N1C[C@H](c2nnc(NC(=O)c3cc(Cl)ccc3OC)s2)CC1=O. The van der Waals surface area contributed by atoms with Crippen LogP contribution in [0.5, 0.6) is 5.75 Å². The molecule has 1 aliphatic heterocycles. The summed E-state index contributed by atoms with van der Waals surface area (Å²) in [6.45, 7) is 2.62. The minimum absolute atomic E-state index is 0.0651. The fourth-order valence-electron chi connectivity index (χ4n) is 3.65. The van der Waals surface area contributed by atoms with E-state index in [2.05, 4.69) is 22.4 Å². The fourth-order valence-corrected chi connectivity index (χ4v) is 4.65. The van der Waals surface area contributed by atoms with E-state index in [-0.39, 0.29) is 17.7 Å². The van der Waals surface area contributed by atoms with Crippen molar-refractivity contribution in [3.05, 3.63) is 63.6 Å². The molecule has 1 fully saturated rings. The Morgan fingerprint density at radius 1 is 1.29 bits per heavy atom. The summed E-state index contributed by atoms with van der Waals surface area (Å²) in [6, 6.07) is 12.8. The zero-order chi connectivity index (χ0) is 22.0. The molecule has 1 aromatic heterocycles. The van der Waals surface area contributed by atoms with Gasteiger partial charge in [0, 0.05) is 29.6 Å². The van der Waals surface area contributed by atoms with E-state index in [1.165, 1.54) is 24.5 Å². The molecule has 2 heterocycles. The number of hydrogen-bond donors (Lipinski definition) is 1. The van der Waals surface area contributed by atoms with Crippen LogP contribution in [0.15, 0.2) is 42.5 Å². The highest BCUT2D eigenvalue weighted by Crippen LogP contribution is 2.36. The van der Waals surface area contributed by atoms with Crippen molar-refractivity contribution >= 4 is 45.6 Å². The van der Waals surface area contributed by atoms with Crippen molar-refractivity contribution in [2.45, 2.75) is 25.7 Å². The molecular weight excluding hydrogens is 436 g/mol. The predicted octanol–water partition coefficient (Wildman–Crippen LogP) is 4.54. The number of benzene rings is 2. The first kappa shape index (κ1) is 21.3. The number of rotatable bonds is 6. The molecule has 2 aromatic carbocycles. The number of para-hydroxylation sites is 1. The number of nitrogens with zero attached hydrogens (tertiary/aromatic N) is 3. The molecule has 31 heavy (non-hydrogen) atoms. The second kappa shape index (κ2) is 9.03. The normalized spacial score (nSPS) is 15.9. The highest BCUT2D eigenvalue weighted by Gasteiger charge is 2.34. The summed E-state index contributed by atoms with van der Waals surface area (Å²) in [5.41, 5.74) is 2.39. The second-order valence-corrected chi connectivity index (χ2v) is 8.58. The highest BCUT2D eigenvalue weighted by molar-refractivity contribution is 7.15. The minimum atomic E-state index is -0.386. The quantitative estimate of drug-likeness (QED) is 0.588. The summed E-state index contributed by atoms with van der Waals surface area (Å²) in [4.78, 5) is 27.2. The molecule has 0 saturated carbocycles. The first-order valence-electron chi connectivity index (χ1n) is 9.86. The van der Waals surface area contributed by atoms with E-state index in [1.807, 2.05) is 29.2 Å². The van der Waals surface area contributed by atoms with Crippen molar-refractivity contribution in [1.29, 1.82) is 0 Å². The summed E-state index contributed by atoms with van der Waals surface area (Å²) in [6.07, 6.45) is 1.22. The average molecular weight is 457 g/mol. The Bertz CT molecular complexity index is 1130. The number of amides is 2. The largest absolute Gasteiger partial charge is 0.496 e. The maximum atomic E-state index is 12.7. The van der Waals surface area contributed by atoms with Crippen molar-refractivity contribution in [2.75, 3.05) is 23.9 Å². The van der Waals surface area contributed by atoms with E-state index in [0.29, 0.717) is 34.4 Å². The van der Waals surface area contributed by atoms with Crippen LogP contribution < -0.4 is 15.0 Å². The average Bonchev–Trinajstić information content (AvgIpc) is 3.40. The zero-order valence-electron chi connectivity index (χ0n) is 17.1. The molecule has 7 nitrogen and oxygen atoms in total. The van der Waals surface area contributed by atoms with Crippen LogP contribution in [-0.2, 0) is 11.2 Å². The number of anilines is 2. The number of aryl methyl sites for hydroxylation is 1. The molecule has 0 aliphatic carbocycles. The van der Waals surface area contributed by atoms with Crippen LogP contribution >= 0.6 is 22.9 Å². The van der Waals surface area contributed by atoms with Crippen LogP contribution in [0, 0.1) is 0 Å². The maximum Gasteiger partial charge on any atom is 0.261 e. The predicted molar refractivity (Wildman–Crippen MR) is 121 cm³/mol. The van der Waals surface area contributed by atoms with Crippen LogP contribution in [0.2, 0.25) is 5.02 Å². The monoisotopic (exact) mass is 456 g/mol. The Balaban J connectivity index is 1.49. The molecule has 0 unspecified atom stereocenters. The van der Waals surface area contributed by atoms with Gasteiger partial charge >= 0.3 is 0 Å².